The molecule has 0 aromatic rings. The van der Waals surface area contributed by atoms with E-state index in [1.165, 1.54) is 0 Å². The second-order valence-corrected chi connectivity index (χ2v) is 8.46. The Hall–Kier alpha value is -0.710. The number of aliphatic carboxylic acids is 1. The van der Waals surface area contributed by atoms with Gasteiger partial charge < -0.3 is 5.11 Å². The van der Waals surface area contributed by atoms with Crippen molar-refractivity contribution in [2.45, 2.75) is 25.3 Å². The number of piperidine rings is 1. The highest BCUT2D eigenvalue weighted by molar-refractivity contribution is 7.90. The summed E-state index contributed by atoms with van der Waals surface area (Å²) in [6, 6.07) is -1.08. The predicted octanol–water partition coefficient (Wildman–Crippen LogP) is -1.20. The molecule has 1 aliphatic heterocycles. The lowest BCUT2D eigenvalue weighted by Gasteiger charge is -2.31. The molecule has 0 aromatic carbocycles. The van der Waals surface area contributed by atoms with Gasteiger partial charge >= 0.3 is 5.97 Å². The summed E-state index contributed by atoms with van der Waals surface area (Å²) in [4.78, 5) is 11.0. The lowest BCUT2D eigenvalue weighted by atomic mass is 10.1. The molecule has 1 rings (SSSR count). The number of carbonyl (C=O) groups is 1. The Kier molecular flexibility index (Phi) is 5.30. The molecule has 0 radical (unpaired) electrons. The molecule has 1 unspecified atom stereocenters. The zero-order valence-corrected chi connectivity index (χ0v) is 12.2. The van der Waals surface area contributed by atoms with Gasteiger partial charge in [-0.25, -0.2) is 13.1 Å². The minimum absolute atomic E-state index is 0.130. The first kappa shape index (κ1) is 16.3. The van der Waals surface area contributed by atoms with E-state index < -0.39 is 32.1 Å². The van der Waals surface area contributed by atoms with E-state index in [-0.39, 0.29) is 25.3 Å². The molecule has 1 saturated heterocycles. The number of rotatable bonds is 6. The molecule has 1 fully saturated rings. The van der Waals surface area contributed by atoms with Gasteiger partial charge in [-0.1, -0.05) is 0 Å². The van der Waals surface area contributed by atoms with E-state index in [1.54, 1.807) is 0 Å². The fraction of sp³-hybridized carbons (Fsp3) is 0.889. The molecule has 0 amide bonds. The minimum Gasteiger partial charge on any atom is -0.480 e. The number of nitrogens with zero attached hydrogens (tertiary/aromatic N) is 1. The van der Waals surface area contributed by atoms with E-state index >= 15 is 0 Å². The molecular formula is C9H18N2O6S2. The van der Waals surface area contributed by atoms with Crippen molar-refractivity contribution >= 4 is 26.0 Å². The van der Waals surface area contributed by atoms with Crippen LogP contribution in [0.3, 0.4) is 0 Å². The SMILES string of the molecule is CS(=O)(=O)CCNS(=O)(=O)N1CCCCC1C(=O)O. The van der Waals surface area contributed by atoms with Crippen LogP contribution in [-0.2, 0) is 24.8 Å². The Morgan fingerprint density at radius 1 is 1.32 bits per heavy atom. The first-order valence-electron chi connectivity index (χ1n) is 5.80. The van der Waals surface area contributed by atoms with E-state index in [2.05, 4.69) is 4.72 Å². The lowest BCUT2D eigenvalue weighted by Crippen LogP contribution is -2.52. The molecule has 0 aromatic heterocycles. The summed E-state index contributed by atoms with van der Waals surface area (Å²) in [6.45, 7) is -0.130. The second-order valence-electron chi connectivity index (χ2n) is 4.49. The van der Waals surface area contributed by atoms with Crippen molar-refractivity contribution in [1.82, 2.24) is 9.03 Å². The quantitative estimate of drug-likeness (QED) is 0.635. The first-order chi connectivity index (χ1) is 8.63. The van der Waals surface area contributed by atoms with Gasteiger partial charge in [0.2, 0.25) is 0 Å². The Bertz CT molecular complexity index is 527. The van der Waals surface area contributed by atoms with Crippen molar-refractivity contribution < 1.29 is 26.7 Å². The summed E-state index contributed by atoms with van der Waals surface area (Å²) in [5.41, 5.74) is 0. The van der Waals surface area contributed by atoms with Gasteiger partial charge in [0.1, 0.15) is 15.9 Å². The highest BCUT2D eigenvalue weighted by Crippen LogP contribution is 2.19. The normalized spacial score (nSPS) is 22.3. The van der Waals surface area contributed by atoms with Crippen molar-refractivity contribution in [3.05, 3.63) is 0 Å². The van der Waals surface area contributed by atoms with E-state index in [1.807, 2.05) is 0 Å². The average Bonchev–Trinajstić information content (AvgIpc) is 2.27. The fourth-order valence-corrected chi connectivity index (χ4v) is 3.91. The molecule has 1 atom stereocenters. The number of hydrogen-bond acceptors (Lipinski definition) is 5. The van der Waals surface area contributed by atoms with Gasteiger partial charge in [-0.05, 0) is 19.3 Å². The Labute approximate surface area is 112 Å². The predicted molar refractivity (Wildman–Crippen MR) is 68.6 cm³/mol. The summed E-state index contributed by atoms with van der Waals surface area (Å²) < 4.78 is 48.7. The summed E-state index contributed by atoms with van der Waals surface area (Å²) in [5, 5.41) is 9.00. The van der Waals surface area contributed by atoms with Crippen LogP contribution in [0.4, 0.5) is 0 Å². The molecule has 0 saturated carbocycles. The van der Waals surface area contributed by atoms with Gasteiger partial charge in [-0.15, -0.1) is 0 Å². The minimum atomic E-state index is -3.96. The maximum atomic E-state index is 11.9. The maximum Gasteiger partial charge on any atom is 0.322 e. The van der Waals surface area contributed by atoms with Crippen molar-refractivity contribution in [3.63, 3.8) is 0 Å². The Morgan fingerprint density at radius 3 is 2.47 bits per heavy atom. The van der Waals surface area contributed by atoms with E-state index in [4.69, 9.17) is 5.11 Å². The van der Waals surface area contributed by atoms with Crippen LogP contribution < -0.4 is 4.72 Å². The Balaban J connectivity index is 2.72. The van der Waals surface area contributed by atoms with E-state index in [0.717, 1.165) is 10.6 Å². The highest BCUT2D eigenvalue weighted by Gasteiger charge is 2.36. The van der Waals surface area contributed by atoms with Gasteiger partial charge in [0.15, 0.2) is 0 Å². The summed E-state index contributed by atoms with van der Waals surface area (Å²) >= 11 is 0. The van der Waals surface area contributed by atoms with Crippen LogP contribution in [0.25, 0.3) is 0 Å². The molecule has 8 nitrogen and oxygen atoms in total. The first-order valence-corrected chi connectivity index (χ1v) is 9.30. The number of carboxylic acid groups (broad SMARTS) is 1. The van der Waals surface area contributed by atoms with Crippen LogP contribution in [-0.4, -0.2) is 63.4 Å². The fourth-order valence-electron chi connectivity index (χ4n) is 1.88. The number of nitrogens with one attached hydrogen (secondary N) is 1. The summed E-state index contributed by atoms with van der Waals surface area (Å²) in [6.07, 6.45) is 2.52. The van der Waals surface area contributed by atoms with Crippen LogP contribution in [0.15, 0.2) is 0 Å². The molecule has 19 heavy (non-hydrogen) atoms. The summed E-state index contributed by atoms with van der Waals surface area (Å²) in [5.74, 6) is -1.51. The van der Waals surface area contributed by atoms with Crippen LogP contribution in [0.2, 0.25) is 0 Å². The van der Waals surface area contributed by atoms with Crippen LogP contribution in [0, 0.1) is 0 Å². The van der Waals surface area contributed by atoms with Crippen molar-refractivity contribution in [3.8, 4) is 0 Å². The standard InChI is InChI=1S/C9H18N2O6S2/c1-18(14,15)7-5-10-19(16,17)11-6-3-2-4-8(11)9(12)13/h8,10H,2-7H2,1H3,(H,12,13). The second kappa shape index (κ2) is 6.16. The van der Waals surface area contributed by atoms with Crippen molar-refractivity contribution in [1.29, 1.82) is 0 Å². The van der Waals surface area contributed by atoms with E-state index in [9.17, 15) is 21.6 Å². The van der Waals surface area contributed by atoms with Gasteiger partial charge in [0, 0.05) is 19.3 Å². The van der Waals surface area contributed by atoms with Gasteiger partial charge in [-0.3, -0.25) is 4.79 Å². The molecule has 10 heteroatoms. The number of carboxylic acids is 1. The third kappa shape index (κ3) is 5.05. The van der Waals surface area contributed by atoms with E-state index in [0.29, 0.717) is 12.8 Å². The maximum absolute atomic E-state index is 11.9. The molecule has 112 valence electrons. The number of hydrogen-bond donors (Lipinski definition) is 2. The zero-order valence-electron chi connectivity index (χ0n) is 10.6. The molecular weight excluding hydrogens is 296 g/mol. The molecule has 0 bridgehead atoms. The Morgan fingerprint density at radius 2 is 1.95 bits per heavy atom. The zero-order chi connectivity index (χ0) is 14.7. The number of sulfone groups is 1. The molecule has 1 aliphatic rings. The topological polar surface area (TPSA) is 121 Å². The summed E-state index contributed by atoms with van der Waals surface area (Å²) in [7, 11) is -7.23. The van der Waals surface area contributed by atoms with Crippen LogP contribution in [0.5, 0.6) is 0 Å². The van der Waals surface area contributed by atoms with Crippen LogP contribution >= 0.6 is 0 Å². The smallest absolute Gasteiger partial charge is 0.322 e. The highest BCUT2D eigenvalue weighted by atomic mass is 32.2. The third-order valence-corrected chi connectivity index (χ3v) is 5.37. The lowest BCUT2D eigenvalue weighted by molar-refractivity contribution is -0.142. The van der Waals surface area contributed by atoms with Crippen LogP contribution in [0.1, 0.15) is 19.3 Å². The van der Waals surface area contributed by atoms with Gasteiger partial charge in [-0.2, -0.15) is 12.7 Å². The van der Waals surface area contributed by atoms with Gasteiger partial charge in [0.25, 0.3) is 10.2 Å². The third-order valence-electron chi connectivity index (χ3n) is 2.80. The average molecular weight is 314 g/mol. The van der Waals surface area contributed by atoms with Gasteiger partial charge in [0.05, 0.1) is 5.75 Å². The largest absolute Gasteiger partial charge is 0.480 e. The molecule has 0 spiro atoms. The van der Waals surface area contributed by atoms with Crippen molar-refractivity contribution in [2.75, 3.05) is 25.1 Å². The molecule has 0 aliphatic carbocycles. The molecule has 1 heterocycles. The van der Waals surface area contributed by atoms with Crippen molar-refractivity contribution in [2.24, 2.45) is 0 Å². The molecule has 2 N–H and O–H groups in total. The monoisotopic (exact) mass is 314 g/mol.